The van der Waals surface area contributed by atoms with Gasteiger partial charge in [0.15, 0.2) is 0 Å². The minimum atomic E-state index is 0.656. The summed E-state index contributed by atoms with van der Waals surface area (Å²) in [6.07, 6.45) is 1.94. The molecule has 0 aliphatic rings. The van der Waals surface area contributed by atoms with Crippen LogP contribution in [0.5, 0.6) is 5.75 Å². The first-order valence-electron chi connectivity index (χ1n) is 5.18. The highest BCUT2D eigenvalue weighted by Gasteiger charge is 2.05. The molecule has 0 spiro atoms. The molecular weight excluding hydrogens is 268 g/mol. The maximum atomic E-state index is 5.56. The zero-order valence-electron chi connectivity index (χ0n) is 9.06. The van der Waals surface area contributed by atoms with Crippen LogP contribution < -0.4 is 4.74 Å². The van der Waals surface area contributed by atoms with Gasteiger partial charge >= 0.3 is 0 Å². The van der Waals surface area contributed by atoms with Crippen molar-refractivity contribution in [2.75, 3.05) is 6.61 Å². The average Bonchev–Trinajstić information content (AvgIpc) is 2.79. The Bertz CT molecular complexity index is 468. The zero-order chi connectivity index (χ0) is 11.4. The summed E-state index contributed by atoms with van der Waals surface area (Å²) in [5.74, 6) is 0.856. The van der Waals surface area contributed by atoms with Crippen molar-refractivity contribution in [2.45, 2.75) is 12.3 Å². The molecule has 0 fully saturated rings. The Morgan fingerprint density at radius 2 is 2.12 bits per heavy atom. The second-order valence-corrected chi connectivity index (χ2v) is 3.85. The van der Waals surface area contributed by atoms with Gasteiger partial charge in [0.25, 0.3) is 0 Å². The van der Waals surface area contributed by atoms with Gasteiger partial charge in [-0.25, -0.2) is 4.68 Å². The fourth-order valence-electron chi connectivity index (χ4n) is 1.49. The van der Waals surface area contributed by atoms with Gasteiger partial charge in [-0.3, -0.25) is 0 Å². The van der Waals surface area contributed by atoms with Crippen LogP contribution in [0.25, 0.3) is 5.69 Å². The van der Waals surface area contributed by atoms with Crippen molar-refractivity contribution in [2.24, 2.45) is 0 Å². The van der Waals surface area contributed by atoms with Gasteiger partial charge in [-0.05, 0) is 25.1 Å². The molecule has 1 aromatic heterocycles. The number of aromatic nitrogens is 2. The van der Waals surface area contributed by atoms with E-state index < -0.39 is 0 Å². The standard InChI is InChI=1S/C12H13BrN2O/c1-2-16-12-6-4-3-5-11(12)15-8-7-10(9-13)14-15/h3-8H,2,9H2,1H3. The predicted octanol–water partition coefficient (Wildman–Crippen LogP) is 3.17. The van der Waals surface area contributed by atoms with Gasteiger partial charge in [0.05, 0.1) is 12.3 Å². The summed E-state index contributed by atoms with van der Waals surface area (Å²) in [6.45, 7) is 2.63. The van der Waals surface area contributed by atoms with E-state index in [1.54, 1.807) is 0 Å². The van der Waals surface area contributed by atoms with Crippen molar-refractivity contribution < 1.29 is 4.74 Å². The molecule has 0 aliphatic heterocycles. The monoisotopic (exact) mass is 280 g/mol. The number of para-hydroxylation sites is 2. The lowest BCUT2D eigenvalue weighted by Gasteiger charge is -2.09. The molecule has 3 nitrogen and oxygen atoms in total. The van der Waals surface area contributed by atoms with Gasteiger partial charge in [-0.2, -0.15) is 5.10 Å². The smallest absolute Gasteiger partial charge is 0.144 e. The van der Waals surface area contributed by atoms with Gasteiger partial charge in [0.2, 0.25) is 0 Å². The largest absolute Gasteiger partial charge is 0.492 e. The van der Waals surface area contributed by atoms with Gasteiger partial charge in [0, 0.05) is 11.5 Å². The topological polar surface area (TPSA) is 27.1 Å². The number of halogens is 1. The Balaban J connectivity index is 2.38. The average molecular weight is 281 g/mol. The van der Waals surface area contributed by atoms with Crippen molar-refractivity contribution in [3.63, 3.8) is 0 Å². The third-order valence-corrected chi connectivity index (χ3v) is 2.77. The Hall–Kier alpha value is -1.29. The second kappa shape index (κ2) is 5.16. The van der Waals surface area contributed by atoms with Crippen LogP contribution in [-0.4, -0.2) is 16.4 Å². The van der Waals surface area contributed by atoms with E-state index in [1.807, 2.05) is 48.1 Å². The molecule has 0 N–H and O–H groups in total. The normalized spacial score (nSPS) is 10.4. The molecule has 0 amide bonds. The van der Waals surface area contributed by atoms with E-state index >= 15 is 0 Å². The fourth-order valence-corrected chi connectivity index (χ4v) is 1.79. The highest BCUT2D eigenvalue weighted by molar-refractivity contribution is 9.08. The summed E-state index contributed by atoms with van der Waals surface area (Å²) >= 11 is 3.39. The lowest BCUT2D eigenvalue weighted by molar-refractivity contribution is 0.338. The summed E-state index contributed by atoms with van der Waals surface area (Å²) in [5.41, 5.74) is 1.97. The van der Waals surface area contributed by atoms with Gasteiger partial charge < -0.3 is 4.74 Å². The number of alkyl halides is 1. The van der Waals surface area contributed by atoms with Crippen molar-refractivity contribution in [3.8, 4) is 11.4 Å². The summed E-state index contributed by atoms with van der Waals surface area (Å²) in [5, 5.41) is 5.19. The minimum absolute atomic E-state index is 0.656. The first-order valence-corrected chi connectivity index (χ1v) is 6.30. The fraction of sp³-hybridized carbons (Fsp3) is 0.250. The van der Waals surface area contributed by atoms with Crippen LogP contribution in [0.15, 0.2) is 36.5 Å². The Morgan fingerprint density at radius 3 is 2.81 bits per heavy atom. The molecule has 0 aliphatic carbocycles. The molecule has 0 unspecified atom stereocenters. The highest BCUT2D eigenvalue weighted by atomic mass is 79.9. The van der Waals surface area contributed by atoms with Crippen molar-refractivity contribution in [3.05, 3.63) is 42.2 Å². The molecule has 2 aromatic rings. The molecule has 2 rings (SSSR count). The SMILES string of the molecule is CCOc1ccccc1-n1ccc(CBr)n1. The van der Waals surface area contributed by atoms with Crippen LogP contribution in [0.4, 0.5) is 0 Å². The quantitative estimate of drug-likeness (QED) is 0.805. The van der Waals surface area contributed by atoms with E-state index in [2.05, 4.69) is 21.0 Å². The summed E-state index contributed by atoms with van der Waals surface area (Å²) in [6, 6.07) is 9.87. The second-order valence-electron chi connectivity index (χ2n) is 3.29. The molecule has 0 atom stereocenters. The summed E-state index contributed by atoms with van der Waals surface area (Å²) in [4.78, 5) is 0. The number of hydrogen-bond acceptors (Lipinski definition) is 2. The molecule has 4 heteroatoms. The maximum Gasteiger partial charge on any atom is 0.144 e. The number of benzene rings is 1. The van der Waals surface area contributed by atoms with Crippen LogP contribution in [0.3, 0.4) is 0 Å². The van der Waals surface area contributed by atoms with E-state index in [1.165, 1.54) is 0 Å². The Labute approximate surface area is 103 Å². The molecule has 0 radical (unpaired) electrons. The lowest BCUT2D eigenvalue weighted by Crippen LogP contribution is -2.01. The third kappa shape index (κ3) is 2.27. The minimum Gasteiger partial charge on any atom is -0.492 e. The van der Waals surface area contributed by atoms with E-state index in [0.717, 1.165) is 22.5 Å². The first-order chi connectivity index (χ1) is 7.85. The molecule has 84 valence electrons. The molecule has 1 heterocycles. The van der Waals surface area contributed by atoms with Crippen LogP contribution >= 0.6 is 15.9 Å². The Morgan fingerprint density at radius 1 is 1.31 bits per heavy atom. The third-order valence-electron chi connectivity index (χ3n) is 2.19. The molecule has 16 heavy (non-hydrogen) atoms. The molecule has 0 saturated carbocycles. The van der Waals surface area contributed by atoms with Gasteiger partial charge in [-0.15, -0.1) is 0 Å². The molecule has 1 aromatic carbocycles. The summed E-state index contributed by atoms with van der Waals surface area (Å²) < 4.78 is 7.40. The molecular formula is C12H13BrN2O. The summed E-state index contributed by atoms with van der Waals surface area (Å²) in [7, 11) is 0. The number of nitrogens with zero attached hydrogens (tertiary/aromatic N) is 2. The van der Waals surface area contributed by atoms with E-state index in [-0.39, 0.29) is 0 Å². The maximum absolute atomic E-state index is 5.56. The molecule has 0 bridgehead atoms. The number of rotatable bonds is 4. The Kier molecular flexibility index (Phi) is 3.62. The van der Waals surface area contributed by atoms with Gasteiger partial charge in [-0.1, -0.05) is 28.1 Å². The van der Waals surface area contributed by atoms with E-state index in [9.17, 15) is 0 Å². The number of hydrogen-bond donors (Lipinski definition) is 0. The lowest BCUT2D eigenvalue weighted by atomic mass is 10.3. The first kappa shape index (κ1) is 11.2. The van der Waals surface area contributed by atoms with Crippen molar-refractivity contribution in [1.82, 2.24) is 9.78 Å². The predicted molar refractivity (Wildman–Crippen MR) is 67.4 cm³/mol. The number of ether oxygens (including phenoxy) is 1. The van der Waals surface area contributed by atoms with E-state index in [4.69, 9.17) is 4.74 Å². The highest BCUT2D eigenvalue weighted by Crippen LogP contribution is 2.22. The van der Waals surface area contributed by atoms with Crippen molar-refractivity contribution in [1.29, 1.82) is 0 Å². The van der Waals surface area contributed by atoms with E-state index in [0.29, 0.717) is 6.61 Å². The molecule has 0 saturated heterocycles. The van der Waals surface area contributed by atoms with Gasteiger partial charge in [0.1, 0.15) is 11.4 Å². The van der Waals surface area contributed by atoms with Crippen LogP contribution in [-0.2, 0) is 5.33 Å². The van der Waals surface area contributed by atoms with Crippen molar-refractivity contribution >= 4 is 15.9 Å². The van der Waals surface area contributed by atoms with Crippen LogP contribution in [0.1, 0.15) is 12.6 Å². The van der Waals surface area contributed by atoms with Crippen LogP contribution in [0.2, 0.25) is 0 Å². The van der Waals surface area contributed by atoms with Crippen LogP contribution in [0, 0.1) is 0 Å². The zero-order valence-corrected chi connectivity index (χ0v) is 10.6.